The largest absolute Gasteiger partial charge is 0.376 e. The summed E-state index contributed by atoms with van der Waals surface area (Å²) in [6, 6.07) is -0.731. The van der Waals surface area contributed by atoms with Crippen molar-refractivity contribution in [2.75, 3.05) is 27.6 Å². The fourth-order valence-electron chi connectivity index (χ4n) is 2.29. The number of carbonyl (C=O) groups excluding carboxylic acids is 2. The molecule has 90 valence electrons. The fourth-order valence-corrected chi connectivity index (χ4v) is 2.29. The predicted molar refractivity (Wildman–Crippen MR) is 51.7 cm³/mol. The number of rotatable bonds is 2. The first-order chi connectivity index (χ1) is 7.54. The van der Waals surface area contributed by atoms with Crippen LogP contribution >= 0.6 is 0 Å². The molecular formula is C8H14N4O4. The zero-order valence-electron chi connectivity index (χ0n) is 9.07. The van der Waals surface area contributed by atoms with Crippen LogP contribution < -0.4 is 0 Å². The molecule has 0 aliphatic carbocycles. The molecule has 16 heavy (non-hydrogen) atoms. The van der Waals surface area contributed by atoms with Crippen molar-refractivity contribution in [3.63, 3.8) is 0 Å². The summed E-state index contributed by atoms with van der Waals surface area (Å²) in [5, 5.41) is 18.3. The summed E-state index contributed by atoms with van der Waals surface area (Å²) in [6.45, 7) is -0.968. The van der Waals surface area contributed by atoms with Crippen LogP contribution in [-0.2, 0) is 0 Å². The molecule has 2 atom stereocenters. The average Bonchev–Trinajstić information content (AvgIpc) is 2.67. The first kappa shape index (κ1) is 11.0. The molecule has 2 heterocycles. The number of nitrogens with zero attached hydrogens (tertiary/aromatic N) is 4. The third-order valence-electron chi connectivity index (χ3n) is 3.10. The average molecular weight is 230 g/mol. The van der Waals surface area contributed by atoms with Gasteiger partial charge in [-0.15, -0.1) is 0 Å². The van der Waals surface area contributed by atoms with Crippen LogP contribution in [0, 0.1) is 0 Å². The molecule has 4 amide bonds. The lowest BCUT2D eigenvalue weighted by atomic mass is 10.3. The molecule has 2 N–H and O–H groups in total. The molecular weight excluding hydrogens is 216 g/mol. The normalized spacial score (nSPS) is 29.5. The molecule has 2 saturated heterocycles. The Hall–Kier alpha value is -1.54. The third kappa shape index (κ3) is 1.11. The third-order valence-corrected chi connectivity index (χ3v) is 3.10. The van der Waals surface area contributed by atoms with Crippen molar-refractivity contribution >= 4 is 12.1 Å². The number of urea groups is 2. The zero-order valence-corrected chi connectivity index (χ0v) is 9.07. The summed E-state index contributed by atoms with van der Waals surface area (Å²) in [5.74, 6) is 0. The molecule has 0 saturated carbocycles. The van der Waals surface area contributed by atoms with Crippen LogP contribution in [0.25, 0.3) is 0 Å². The van der Waals surface area contributed by atoms with E-state index >= 15 is 0 Å². The maximum atomic E-state index is 11.7. The highest BCUT2D eigenvalue weighted by Gasteiger charge is 2.56. The Morgan fingerprint density at radius 1 is 0.938 bits per heavy atom. The van der Waals surface area contributed by atoms with Crippen molar-refractivity contribution in [2.45, 2.75) is 12.3 Å². The molecule has 8 nitrogen and oxygen atoms in total. The zero-order chi connectivity index (χ0) is 12.0. The summed E-state index contributed by atoms with van der Waals surface area (Å²) in [7, 11) is 3.11. The number of carbonyl (C=O) groups is 2. The van der Waals surface area contributed by atoms with Gasteiger partial charge in [-0.2, -0.15) is 0 Å². The Balaban J connectivity index is 2.38. The molecule has 2 aliphatic rings. The molecule has 0 unspecified atom stereocenters. The van der Waals surface area contributed by atoms with Crippen molar-refractivity contribution in [1.29, 1.82) is 0 Å². The Bertz CT molecular complexity index is 308. The maximum absolute atomic E-state index is 11.7. The quantitative estimate of drug-likeness (QED) is 0.590. The van der Waals surface area contributed by atoms with Crippen LogP contribution in [0.4, 0.5) is 9.59 Å². The monoisotopic (exact) mass is 230 g/mol. The molecule has 2 rings (SSSR count). The Morgan fingerprint density at radius 2 is 1.31 bits per heavy atom. The van der Waals surface area contributed by atoms with Gasteiger partial charge in [-0.05, 0) is 0 Å². The Kier molecular flexibility index (Phi) is 2.39. The highest BCUT2D eigenvalue weighted by atomic mass is 16.3. The second-order valence-electron chi connectivity index (χ2n) is 3.84. The van der Waals surface area contributed by atoms with Crippen molar-refractivity contribution < 1.29 is 19.8 Å². The molecule has 8 heteroatoms. The lowest BCUT2D eigenvalue weighted by Crippen LogP contribution is -2.45. The van der Waals surface area contributed by atoms with Crippen LogP contribution in [0.15, 0.2) is 0 Å². The number of aliphatic hydroxyl groups is 2. The first-order valence-electron chi connectivity index (χ1n) is 4.83. The number of amides is 4. The van der Waals surface area contributed by atoms with Gasteiger partial charge in [-0.25, -0.2) is 9.59 Å². The summed E-state index contributed by atoms with van der Waals surface area (Å²) in [6.07, 6.45) is -1.11. The molecule has 0 aromatic heterocycles. The SMILES string of the molecule is CN1C(=O)N(C)[C@@H]2[C@@H]1N(CO)C(=O)N2CO. The van der Waals surface area contributed by atoms with Crippen LogP contribution in [-0.4, -0.2) is 81.8 Å². The van der Waals surface area contributed by atoms with E-state index in [-0.39, 0.29) is 6.03 Å². The van der Waals surface area contributed by atoms with Crippen LogP contribution in [0.1, 0.15) is 0 Å². The summed E-state index contributed by atoms with van der Waals surface area (Å²) >= 11 is 0. The van der Waals surface area contributed by atoms with Gasteiger partial charge in [-0.1, -0.05) is 0 Å². The number of likely N-dealkylation sites (N-methyl/N-ethyl adjacent to an activating group) is 2. The van der Waals surface area contributed by atoms with E-state index in [0.29, 0.717) is 0 Å². The summed E-state index contributed by atoms with van der Waals surface area (Å²) in [5.41, 5.74) is 0. The van der Waals surface area contributed by atoms with Gasteiger partial charge in [0.25, 0.3) is 0 Å². The molecule has 0 bridgehead atoms. The van der Waals surface area contributed by atoms with Crippen LogP contribution in [0.5, 0.6) is 0 Å². The van der Waals surface area contributed by atoms with Gasteiger partial charge in [0.15, 0.2) is 12.3 Å². The maximum Gasteiger partial charge on any atom is 0.327 e. The van der Waals surface area contributed by atoms with Gasteiger partial charge in [0.05, 0.1) is 0 Å². The topological polar surface area (TPSA) is 87.6 Å². The van der Waals surface area contributed by atoms with Gasteiger partial charge in [0, 0.05) is 14.1 Å². The lowest BCUT2D eigenvalue weighted by Gasteiger charge is -2.24. The molecule has 0 radical (unpaired) electrons. The number of hydrogen-bond donors (Lipinski definition) is 2. The minimum Gasteiger partial charge on any atom is -0.376 e. The van der Waals surface area contributed by atoms with Crippen molar-refractivity contribution in [3.8, 4) is 0 Å². The van der Waals surface area contributed by atoms with Crippen molar-refractivity contribution in [3.05, 3.63) is 0 Å². The number of hydrogen-bond acceptors (Lipinski definition) is 4. The van der Waals surface area contributed by atoms with Crippen molar-refractivity contribution in [2.24, 2.45) is 0 Å². The van der Waals surface area contributed by atoms with E-state index in [0.717, 1.165) is 9.80 Å². The van der Waals surface area contributed by atoms with E-state index in [9.17, 15) is 9.59 Å². The highest BCUT2D eigenvalue weighted by Crippen LogP contribution is 2.31. The van der Waals surface area contributed by atoms with Gasteiger partial charge in [0.2, 0.25) is 0 Å². The molecule has 0 aromatic rings. The van der Waals surface area contributed by atoms with Gasteiger partial charge < -0.3 is 20.0 Å². The van der Waals surface area contributed by atoms with Crippen LogP contribution in [0.2, 0.25) is 0 Å². The fraction of sp³-hybridized carbons (Fsp3) is 0.750. The van der Waals surface area contributed by atoms with E-state index in [4.69, 9.17) is 10.2 Å². The minimum absolute atomic E-state index is 0.251. The second kappa shape index (κ2) is 3.49. The predicted octanol–water partition coefficient (Wildman–Crippen LogP) is -1.73. The molecule has 2 fully saturated rings. The van der Waals surface area contributed by atoms with Gasteiger partial charge in [0.1, 0.15) is 13.5 Å². The van der Waals surface area contributed by atoms with E-state index < -0.39 is 31.8 Å². The summed E-state index contributed by atoms with van der Waals surface area (Å²) in [4.78, 5) is 28.4. The minimum atomic E-state index is -0.554. The summed E-state index contributed by atoms with van der Waals surface area (Å²) < 4.78 is 0. The lowest BCUT2D eigenvalue weighted by molar-refractivity contribution is 0.0646. The second-order valence-corrected chi connectivity index (χ2v) is 3.84. The smallest absolute Gasteiger partial charge is 0.327 e. The number of aliphatic hydroxyl groups excluding tert-OH is 2. The standard InChI is InChI=1S/C8H14N4O4/c1-9-5-6(10(2)7(9)15)12(4-14)8(16)11(5)3-13/h5-6,13-14H,3-4H2,1-2H3/t5-,6-/m0/s1. The van der Waals surface area contributed by atoms with Gasteiger partial charge in [-0.3, -0.25) is 9.80 Å². The Labute approximate surface area is 92.2 Å². The van der Waals surface area contributed by atoms with Crippen molar-refractivity contribution in [1.82, 2.24) is 19.6 Å². The van der Waals surface area contributed by atoms with Crippen LogP contribution in [0.3, 0.4) is 0 Å². The molecule has 0 aromatic carbocycles. The Morgan fingerprint density at radius 3 is 1.62 bits per heavy atom. The molecule has 2 aliphatic heterocycles. The van der Waals surface area contributed by atoms with E-state index in [1.807, 2.05) is 0 Å². The number of fused-ring (bicyclic) bond motifs is 1. The van der Waals surface area contributed by atoms with E-state index in [1.54, 1.807) is 14.1 Å². The highest BCUT2D eigenvalue weighted by molar-refractivity contribution is 5.84. The first-order valence-corrected chi connectivity index (χ1v) is 4.83. The van der Waals surface area contributed by atoms with E-state index in [1.165, 1.54) is 9.80 Å². The van der Waals surface area contributed by atoms with E-state index in [2.05, 4.69) is 0 Å². The molecule has 0 spiro atoms. The van der Waals surface area contributed by atoms with Gasteiger partial charge >= 0.3 is 12.1 Å².